The van der Waals surface area contributed by atoms with E-state index < -0.39 is 23.3 Å². The van der Waals surface area contributed by atoms with E-state index in [9.17, 15) is 29.5 Å². The predicted molar refractivity (Wildman–Crippen MR) is 156 cm³/mol. The Balaban J connectivity index is 1.42. The quantitative estimate of drug-likeness (QED) is 0.114. The summed E-state index contributed by atoms with van der Waals surface area (Å²) in [6, 6.07) is 20.9. The summed E-state index contributed by atoms with van der Waals surface area (Å²) in [5, 5.41) is 31.6. The van der Waals surface area contributed by atoms with Crippen LogP contribution in [0.15, 0.2) is 78.9 Å². The van der Waals surface area contributed by atoms with Crippen LogP contribution >= 0.6 is 0 Å². The fourth-order valence-electron chi connectivity index (χ4n) is 4.92. The summed E-state index contributed by atoms with van der Waals surface area (Å²) >= 11 is 0. The van der Waals surface area contributed by atoms with Gasteiger partial charge >= 0.3 is 5.97 Å². The molecule has 1 aromatic heterocycles. The maximum atomic E-state index is 13.7. The molecule has 3 aromatic carbocycles. The predicted octanol–water partition coefficient (Wildman–Crippen LogP) is 6.00. The average molecular weight is 577 g/mol. The molecule has 0 fully saturated rings. The van der Waals surface area contributed by atoms with Crippen LogP contribution in [0.2, 0.25) is 0 Å². The van der Waals surface area contributed by atoms with Crippen LogP contribution in [0.25, 0.3) is 28.1 Å². The van der Waals surface area contributed by atoms with Crippen LogP contribution in [-0.4, -0.2) is 38.0 Å². The van der Waals surface area contributed by atoms with Crippen molar-refractivity contribution in [2.45, 2.75) is 58.2 Å². The van der Waals surface area contributed by atoms with Gasteiger partial charge in [0.15, 0.2) is 0 Å². The first-order valence-electron chi connectivity index (χ1n) is 13.6. The molecule has 0 unspecified atom stereocenters. The van der Waals surface area contributed by atoms with E-state index in [0.29, 0.717) is 11.1 Å². The molecule has 220 valence electrons. The Morgan fingerprint density at radius 3 is 2.40 bits per heavy atom. The Morgan fingerprint density at radius 1 is 1.02 bits per heavy atom. The lowest BCUT2D eigenvalue weighted by Crippen LogP contribution is -2.20. The SMILES string of the molecule is CC(C)n1c(/C=C/[C@H](O)C[C@H](O)CC(=O)OCc2cccc(CO[N+](=O)[O-])c2)c(-c2ccc(F)cc2)c2ccccc21. The molecule has 0 bridgehead atoms. The molecule has 0 amide bonds. The monoisotopic (exact) mass is 576 g/mol. The van der Waals surface area contributed by atoms with Gasteiger partial charge in [0, 0.05) is 34.6 Å². The van der Waals surface area contributed by atoms with Crippen molar-refractivity contribution in [3.63, 3.8) is 0 Å². The smallest absolute Gasteiger partial charge is 0.308 e. The van der Waals surface area contributed by atoms with Gasteiger partial charge in [-0.05, 0) is 54.8 Å². The number of halogens is 1. The highest BCUT2D eigenvalue weighted by Gasteiger charge is 2.20. The molecular formula is C32H33FN2O7. The van der Waals surface area contributed by atoms with E-state index in [1.807, 2.05) is 24.3 Å². The topological polar surface area (TPSA) is 124 Å². The third-order valence-corrected chi connectivity index (χ3v) is 6.72. The fraction of sp³-hybridized carbons (Fsp3) is 0.281. The van der Waals surface area contributed by atoms with E-state index >= 15 is 0 Å². The fourth-order valence-corrected chi connectivity index (χ4v) is 4.92. The molecule has 0 radical (unpaired) electrons. The second-order valence-electron chi connectivity index (χ2n) is 10.2. The van der Waals surface area contributed by atoms with Gasteiger partial charge in [-0.15, -0.1) is 10.1 Å². The van der Waals surface area contributed by atoms with Crippen molar-refractivity contribution in [2.24, 2.45) is 0 Å². The zero-order valence-corrected chi connectivity index (χ0v) is 23.4. The van der Waals surface area contributed by atoms with Crippen molar-refractivity contribution in [1.29, 1.82) is 0 Å². The number of nitrogens with zero attached hydrogens (tertiary/aromatic N) is 2. The number of aliphatic hydroxyl groups excluding tert-OH is 2. The van der Waals surface area contributed by atoms with Crippen LogP contribution in [0.4, 0.5) is 4.39 Å². The van der Waals surface area contributed by atoms with E-state index in [4.69, 9.17) is 4.74 Å². The number of hydrogen-bond acceptors (Lipinski definition) is 7. The number of carbonyl (C=O) groups is 1. The van der Waals surface area contributed by atoms with Gasteiger partial charge in [0.05, 0.1) is 18.6 Å². The second-order valence-corrected chi connectivity index (χ2v) is 10.2. The van der Waals surface area contributed by atoms with E-state index in [1.54, 1.807) is 48.6 Å². The minimum absolute atomic E-state index is 0.0772. The highest BCUT2D eigenvalue weighted by molar-refractivity contribution is 6.01. The summed E-state index contributed by atoms with van der Waals surface area (Å²) < 4.78 is 21.1. The lowest BCUT2D eigenvalue weighted by molar-refractivity contribution is -0.763. The number of benzene rings is 3. The Hall–Kier alpha value is -4.54. The summed E-state index contributed by atoms with van der Waals surface area (Å²) in [7, 11) is 0. The maximum Gasteiger partial charge on any atom is 0.308 e. The first-order valence-corrected chi connectivity index (χ1v) is 13.6. The minimum Gasteiger partial charge on any atom is -0.461 e. The Kier molecular flexibility index (Phi) is 10.1. The van der Waals surface area contributed by atoms with Crippen LogP contribution in [0, 0.1) is 15.9 Å². The highest BCUT2D eigenvalue weighted by Crippen LogP contribution is 2.38. The zero-order chi connectivity index (χ0) is 30.2. The molecule has 1 heterocycles. The van der Waals surface area contributed by atoms with Crippen molar-refractivity contribution >= 4 is 22.9 Å². The average Bonchev–Trinajstić information content (AvgIpc) is 3.29. The molecule has 0 saturated heterocycles. The molecule has 4 rings (SSSR count). The van der Waals surface area contributed by atoms with Crippen LogP contribution < -0.4 is 0 Å². The van der Waals surface area contributed by atoms with Crippen molar-refractivity contribution in [3.05, 3.63) is 112 Å². The molecule has 42 heavy (non-hydrogen) atoms. The van der Waals surface area contributed by atoms with Gasteiger partial charge in [-0.1, -0.05) is 60.7 Å². The van der Waals surface area contributed by atoms with Crippen molar-refractivity contribution in [3.8, 4) is 11.1 Å². The third-order valence-electron chi connectivity index (χ3n) is 6.72. The summed E-state index contributed by atoms with van der Waals surface area (Å²) in [6.45, 7) is 3.82. The van der Waals surface area contributed by atoms with Crippen LogP contribution in [0.5, 0.6) is 0 Å². The molecule has 0 spiro atoms. The summed E-state index contributed by atoms with van der Waals surface area (Å²) in [6.07, 6.45) is 0.766. The molecular weight excluding hydrogens is 543 g/mol. The molecule has 10 heteroatoms. The van der Waals surface area contributed by atoms with Gasteiger partial charge in [0.25, 0.3) is 5.09 Å². The maximum absolute atomic E-state index is 13.7. The number of ether oxygens (including phenoxy) is 1. The Morgan fingerprint density at radius 2 is 1.71 bits per heavy atom. The zero-order valence-electron chi connectivity index (χ0n) is 23.4. The summed E-state index contributed by atoms with van der Waals surface area (Å²) in [5.41, 5.74) is 4.73. The minimum atomic E-state index is -1.15. The number of rotatable bonds is 13. The summed E-state index contributed by atoms with van der Waals surface area (Å²) in [5.74, 6) is -0.980. The standard InChI is InChI=1S/C32H33FN2O7/c1-21(2)34-29-9-4-3-8-28(29)32(24-10-12-25(33)13-11-24)30(34)15-14-26(36)17-27(37)18-31(38)41-19-22-6-5-7-23(16-22)20-42-35(39)40/h3-16,21,26-27,36-37H,17-20H2,1-2H3/b15-14+/t26-,27-/m0/s1. The Labute approximate surface area is 242 Å². The molecule has 0 aliphatic rings. The molecule has 2 atom stereocenters. The van der Waals surface area contributed by atoms with Gasteiger partial charge in [-0.25, -0.2) is 4.39 Å². The summed E-state index contributed by atoms with van der Waals surface area (Å²) in [4.78, 5) is 27.0. The van der Waals surface area contributed by atoms with Crippen LogP contribution in [0.1, 0.15) is 49.6 Å². The van der Waals surface area contributed by atoms with Crippen molar-refractivity contribution in [1.82, 2.24) is 4.57 Å². The first-order chi connectivity index (χ1) is 20.1. The van der Waals surface area contributed by atoms with Crippen molar-refractivity contribution < 1.29 is 34.1 Å². The second kappa shape index (κ2) is 13.9. The van der Waals surface area contributed by atoms with E-state index in [-0.39, 0.29) is 37.9 Å². The number of para-hydroxylation sites is 1. The number of hydrogen-bond donors (Lipinski definition) is 2. The number of aromatic nitrogens is 1. The van der Waals surface area contributed by atoms with E-state index in [0.717, 1.165) is 27.7 Å². The van der Waals surface area contributed by atoms with Crippen LogP contribution in [-0.2, 0) is 27.6 Å². The lowest BCUT2D eigenvalue weighted by Gasteiger charge is -2.15. The highest BCUT2D eigenvalue weighted by atomic mass is 19.1. The lowest BCUT2D eigenvalue weighted by atomic mass is 10.0. The van der Waals surface area contributed by atoms with E-state index in [1.165, 1.54) is 12.1 Å². The molecule has 0 aliphatic heterocycles. The number of carbonyl (C=O) groups excluding carboxylic acids is 1. The van der Waals surface area contributed by atoms with Gasteiger partial charge < -0.3 is 24.4 Å². The molecule has 4 aromatic rings. The van der Waals surface area contributed by atoms with E-state index in [2.05, 4.69) is 23.3 Å². The molecule has 9 nitrogen and oxygen atoms in total. The Bertz CT molecular complexity index is 1560. The van der Waals surface area contributed by atoms with Gasteiger partial charge in [0.1, 0.15) is 19.0 Å². The normalized spacial score (nSPS) is 13.0. The van der Waals surface area contributed by atoms with Crippen LogP contribution in [0.3, 0.4) is 0 Å². The molecule has 0 aliphatic carbocycles. The number of aliphatic hydroxyl groups is 2. The van der Waals surface area contributed by atoms with Gasteiger partial charge in [-0.3, -0.25) is 4.79 Å². The largest absolute Gasteiger partial charge is 0.461 e. The van der Waals surface area contributed by atoms with Crippen molar-refractivity contribution in [2.75, 3.05) is 0 Å². The molecule has 2 N–H and O–H groups in total. The molecule has 0 saturated carbocycles. The van der Waals surface area contributed by atoms with Gasteiger partial charge in [0.2, 0.25) is 0 Å². The number of esters is 1. The third kappa shape index (κ3) is 7.80. The first kappa shape index (κ1) is 30.4. The number of fused-ring (bicyclic) bond motifs is 1. The van der Waals surface area contributed by atoms with Gasteiger partial charge in [-0.2, -0.15) is 0 Å².